The Kier molecular flexibility index (Phi) is 2.95. The van der Waals surface area contributed by atoms with Crippen molar-refractivity contribution >= 4 is 0 Å². The highest BCUT2D eigenvalue weighted by Crippen LogP contribution is 2.19. The minimum Gasteiger partial charge on any atom is -0.308 e. The second kappa shape index (κ2) is 3.69. The van der Waals surface area contributed by atoms with Crippen LogP contribution in [0.25, 0.3) is 0 Å². The van der Waals surface area contributed by atoms with Gasteiger partial charge in [0.25, 0.3) is 0 Å². The first kappa shape index (κ1) is 11.2. The normalized spacial score (nSPS) is 12.5. The van der Waals surface area contributed by atoms with Crippen LogP contribution in [0.5, 0.6) is 0 Å². The molecule has 0 aromatic carbocycles. The molecule has 1 N–H and O–H groups in total. The molecular weight excluding hydrogens is 176 g/mol. The average molecular weight is 196 g/mol. The predicted molar refractivity (Wildman–Crippen MR) is 57.2 cm³/mol. The Morgan fingerprint density at radius 2 is 1.93 bits per heavy atom. The van der Waals surface area contributed by atoms with E-state index in [1.807, 2.05) is 18.8 Å². The monoisotopic (exact) mass is 196 g/mol. The van der Waals surface area contributed by atoms with Crippen LogP contribution in [0.3, 0.4) is 0 Å². The Hall–Kier alpha value is -0.900. The molecule has 1 aromatic heterocycles. The molecule has 1 aromatic rings. The third-order valence-corrected chi connectivity index (χ3v) is 2.48. The molecule has 0 saturated carbocycles. The van der Waals surface area contributed by atoms with E-state index in [-0.39, 0.29) is 5.54 Å². The lowest BCUT2D eigenvalue weighted by molar-refractivity contribution is 0.397. The summed E-state index contributed by atoms with van der Waals surface area (Å²) in [6, 6.07) is 0. The molecule has 0 spiro atoms. The van der Waals surface area contributed by atoms with E-state index in [4.69, 9.17) is 0 Å². The van der Waals surface area contributed by atoms with Crippen molar-refractivity contribution in [2.24, 2.45) is 7.05 Å². The number of aryl methyl sites for hydroxylation is 1. The smallest absolute Gasteiger partial charge is 0.153 e. The van der Waals surface area contributed by atoms with Crippen molar-refractivity contribution in [3.63, 3.8) is 0 Å². The standard InChI is InChI=1S/C10H20N4/c1-7(2)8-12-9(14(6)13-8)10(3,4)11-5/h7,11H,1-6H3. The second-order valence-corrected chi connectivity index (χ2v) is 4.45. The summed E-state index contributed by atoms with van der Waals surface area (Å²) in [5.74, 6) is 2.26. The number of nitrogens with one attached hydrogen (secondary N) is 1. The van der Waals surface area contributed by atoms with Gasteiger partial charge in [0.15, 0.2) is 5.82 Å². The van der Waals surface area contributed by atoms with Gasteiger partial charge in [0.2, 0.25) is 0 Å². The van der Waals surface area contributed by atoms with Crippen molar-refractivity contribution in [1.82, 2.24) is 20.1 Å². The zero-order valence-electron chi connectivity index (χ0n) is 9.92. The molecule has 0 aliphatic carbocycles. The van der Waals surface area contributed by atoms with E-state index in [9.17, 15) is 0 Å². The molecule has 0 atom stereocenters. The zero-order chi connectivity index (χ0) is 10.9. The molecule has 14 heavy (non-hydrogen) atoms. The first-order valence-electron chi connectivity index (χ1n) is 4.99. The number of aromatic nitrogens is 3. The van der Waals surface area contributed by atoms with E-state index in [1.54, 1.807) is 0 Å². The number of hydrogen-bond acceptors (Lipinski definition) is 3. The number of hydrogen-bond donors (Lipinski definition) is 1. The van der Waals surface area contributed by atoms with Gasteiger partial charge < -0.3 is 5.32 Å². The van der Waals surface area contributed by atoms with Gasteiger partial charge in [-0.2, -0.15) is 5.10 Å². The fourth-order valence-electron chi connectivity index (χ4n) is 1.30. The molecule has 0 saturated heterocycles. The van der Waals surface area contributed by atoms with Crippen LogP contribution < -0.4 is 5.32 Å². The maximum Gasteiger partial charge on any atom is 0.153 e. The molecule has 1 rings (SSSR count). The molecule has 4 nitrogen and oxygen atoms in total. The highest BCUT2D eigenvalue weighted by atomic mass is 15.3. The minimum atomic E-state index is -0.130. The Morgan fingerprint density at radius 1 is 1.36 bits per heavy atom. The van der Waals surface area contributed by atoms with Gasteiger partial charge in [0, 0.05) is 13.0 Å². The van der Waals surface area contributed by atoms with Gasteiger partial charge in [0.1, 0.15) is 5.82 Å². The summed E-state index contributed by atoms with van der Waals surface area (Å²) >= 11 is 0. The number of rotatable bonds is 3. The first-order chi connectivity index (χ1) is 6.38. The van der Waals surface area contributed by atoms with E-state index >= 15 is 0 Å². The van der Waals surface area contributed by atoms with Crippen LogP contribution in [-0.2, 0) is 12.6 Å². The van der Waals surface area contributed by atoms with Crippen LogP contribution >= 0.6 is 0 Å². The quantitative estimate of drug-likeness (QED) is 0.794. The predicted octanol–water partition coefficient (Wildman–Crippen LogP) is 1.39. The molecule has 0 aliphatic rings. The second-order valence-electron chi connectivity index (χ2n) is 4.45. The third kappa shape index (κ3) is 1.95. The molecule has 4 heteroatoms. The van der Waals surface area contributed by atoms with Crippen molar-refractivity contribution in [3.8, 4) is 0 Å². The highest BCUT2D eigenvalue weighted by molar-refractivity contribution is 5.06. The van der Waals surface area contributed by atoms with Gasteiger partial charge in [0.05, 0.1) is 5.54 Å². The summed E-state index contributed by atoms with van der Waals surface area (Å²) in [7, 11) is 3.87. The van der Waals surface area contributed by atoms with E-state index in [1.165, 1.54) is 0 Å². The summed E-state index contributed by atoms with van der Waals surface area (Å²) in [5.41, 5.74) is -0.130. The van der Waals surface area contributed by atoms with Crippen molar-refractivity contribution in [3.05, 3.63) is 11.6 Å². The highest BCUT2D eigenvalue weighted by Gasteiger charge is 2.25. The Bertz CT molecular complexity index is 312. The fourth-order valence-corrected chi connectivity index (χ4v) is 1.30. The van der Waals surface area contributed by atoms with E-state index in [0.717, 1.165) is 11.6 Å². The van der Waals surface area contributed by atoms with Gasteiger partial charge in [-0.15, -0.1) is 0 Å². The molecule has 0 bridgehead atoms. The van der Waals surface area contributed by atoms with Crippen LogP contribution in [0.2, 0.25) is 0 Å². The molecule has 0 radical (unpaired) electrons. The van der Waals surface area contributed by atoms with E-state index < -0.39 is 0 Å². The lowest BCUT2D eigenvalue weighted by atomic mass is 10.1. The van der Waals surface area contributed by atoms with Gasteiger partial charge in [-0.1, -0.05) is 13.8 Å². The summed E-state index contributed by atoms with van der Waals surface area (Å²) in [5, 5.41) is 7.62. The Labute approximate surface area is 85.7 Å². The van der Waals surface area contributed by atoms with Crippen LogP contribution in [0, 0.1) is 0 Å². The Balaban J connectivity index is 3.10. The van der Waals surface area contributed by atoms with Gasteiger partial charge in [-0.3, -0.25) is 4.68 Å². The molecule has 0 aliphatic heterocycles. The van der Waals surface area contributed by atoms with Crippen LogP contribution in [0.1, 0.15) is 45.3 Å². The van der Waals surface area contributed by atoms with Crippen molar-refractivity contribution in [2.45, 2.75) is 39.2 Å². The van der Waals surface area contributed by atoms with E-state index in [2.05, 4.69) is 43.1 Å². The molecule has 0 amide bonds. The fraction of sp³-hybridized carbons (Fsp3) is 0.800. The molecule has 0 fully saturated rings. The lowest BCUT2D eigenvalue weighted by Crippen LogP contribution is -2.36. The first-order valence-corrected chi connectivity index (χ1v) is 4.99. The molecule has 1 heterocycles. The van der Waals surface area contributed by atoms with Crippen LogP contribution in [0.15, 0.2) is 0 Å². The maximum absolute atomic E-state index is 4.54. The van der Waals surface area contributed by atoms with Crippen LogP contribution in [0.4, 0.5) is 0 Å². The maximum atomic E-state index is 4.54. The Morgan fingerprint density at radius 3 is 2.29 bits per heavy atom. The molecule has 0 unspecified atom stereocenters. The van der Waals surface area contributed by atoms with E-state index in [0.29, 0.717) is 5.92 Å². The molecule has 80 valence electrons. The van der Waals surface area contributed by atoms with Gasteiger partial charge in [-0.05, 0) is 20.9 Å². The van der Waals surface area contributed by atoms with Gasteiger partial charge in [-0.25, -0.2) is 4.98 Å². The van der Waals surface area contributed by atoms with Crippen molar-refractivity contribution < 1.29 is 0 Å². The number of nitrogens with zero attached hydrogens (tertiary/aromatic N) is 3. The van der Waals surface area contributed by atoms with Gasteiger partial charge >= 0.3 is 0 Å². The largest absolute Gasteiger partial charge is 0.308 e. The summed E-state index contributed by atoms with van der Waals surface area (Å²) < 4.78 is 1.85. The van der Waals surface area contributed by atoms with Crippen LogP contribution in [-0.4, -0.2) is 21.8 Å². The third-order valence-electron chi connectivity index (χ3n) is 2.48. The average Bonchev–Trinajstić information content (AvgIpc) is 2.48. The summed E-state index contributed by atoms with van der Waals surface area (Å²) in [4.78, 5) is 4.54. The lowest BCUT2D eigenvalue weighted by Gasteiger charge is -2.22. The van der Waals surface area contributed by atoms with Crippen molar-refractivity contribution in [2.75, 3.05) is 7.05 Å². The van der Waals surface area contributed by atoms with Crippen molar-refractivity contribution in [1.29, 1.82) is 0 Å². The summed E-state index contributed by atoms with van der Waals surface area (Å²) in [6.07, 6.45) is 0. The zero-order valence-corrected chi connectivity index (χ0v) is 9.92. The summed E-state index contributed by atoms with van der Waals surface area (Å²) in [6.45, 7) is 8.40. The topological polar surface area (TPSA) is 42.7 Å². The minimum absolute atomic E-state index is 0.130. The molecular formula is C10H20N4. The SMILES string of the molecule is CNC(C)(C)c1nc(C(C)C)nn1C.